The predicted molar refractivity (Wildman–Crippen MR) is 141 cm³/mol. The molecular formula is C28H40N6O2+2. The van der Waals surface area contributed by atoms with Crippen molar-refractivity contribution in [3.8, 4) is 23.6 Å². The van der Waals surface area contributed by atoms with Crippen LogP contribution in [-0.2, 0) is 0 Å². The number of nitrogens with zero attached hydrogens (tertiary/aromatic N) is 6. The normalized spacial score (nSPS) is 12.9. The molecule has 8 heteroatoms. The molecule has 0 fully saturated rings. The van der Waals surface area contributed by atoms with E-state index in [2.05, 4.69) is 51.2 Å². The van der Waals surface area contributed by atoms with Crippen molar-refractivity contribution >= 4 is 11.4 Å². The van der Waals surface area contributed by atoms with E-state index in [-0.39, 0.29) is 11.4 Å². The van der Waals surface area contributed by atoms with Crippen LogP contribution in [0.4, 0.5) is 0 Å². The van der Waals surface area contributed by atoms with Gasteiger partial charge in [-0.15, -0.1) is 0 Å². The molecule has 0 unspecified atom stereocenters. The van der Waals surface area contributed by atoms with E-state index < -0.39 is 0 Å². The minimum atomic E-state index is -0.120. The second kappa shape index (κ2) is 14.8. The summed E-state index contributed by atoms with van der Waals surface area (Å²) in [6.45, 7) is 36.0. The number of nitriles is 2. The van der Waals surface area contributed by atoms with Crippen LogP contribution in [0.15, 0.2) is 12.1 Å². The van der Waals surface area contributed by atoms with Crippen molar-refractivity contribution in [2.24, 2.45) is 0 Å². The molecule has 0 saturated carbocycles. The van der Waals surface area contributed by atoms with E-state index in [1.807, 2.05) is 12.1 Å². The van der Waals surface area contributed by atoms with E-state index in [0.717, 1.165) is 61.3 Å². The van der Waals surface area contributed by atoms with E-state index >= 15 is 0 Å². The average molecular weight is 493 g/mol. The zero-order chi connectivity index (χ0) is 27.2. The van der Waals surface area contributed by atoms with Gasteiger partial charge in [0.2, 0.25) is 0 Å². The third kappa shape index (κ3) is 7.22. The van der Waals surface area contributed by atoms with Crippen molar-refractivity contribution < 1.29 is 18.4 Å². The number of benzene rings is 1. The largest absolute Gasteiger partial charge is 0.488 e. The number of hydrogen-bond acceptors (Lipinski definition) is 4. The van der Waals surface area contributed by atoms with E-state index in [0.29, 0.717) is 35.2 Å². The molecule has 0 radical (unpaired) electrons. The third-order valence-corrected chi connectivity index (χ3v) is 7.70. The molecule has 0 N–H and O–H groups in total. The van der Waals surface area contributed by atoms with Crippen LogP contribution in [0.2, 0.25) is 0 Å². The van der Waals surface area contributed by atoms with E-state index in [9.17, 15) is 10.5 Å². The van der Waals surface area contributed by atoms with Crippen molar-refractivity contribution in [2.75, 3.05) is 65.6 Å². The number of rotatable bonds is 14. The summed E-state index contributed by atoms with van der Waals surface area (Å²) in [6.07, 6.45) is 0. The fraction of sp³-hybridized carbons (Fsp3) is 0.571. The smallest absolute Gasteiger partial charge is 0.272 e. The Morgan fingerprint density at radius 1 is 0.694 bits per heavy atom. The van der Waals surface area contributed by atoms with Crippen LogP contribution in [0.3, 0.4) is 0 Å². The summed E-state index contributed by atoms with van der Waals surface area (Å²) in [5, 5.41) is 19.8. The van der Waals surface area contributed by atoms with Crippen molar-refractivity contribution in [2.45, 2.75) is 41.5 Å². The second-order valence-corrected chi connectivity index (χ2v) is 8.71. The van der Waals surface area contributed by atoms with Gasteiger partial charge in [0.25, 0.3) is 11.4 Å². The molecule has 1 aromatic carbocycles. The van der Waals surface area contributed by atoms with Crippen LogP contribution in [0.25, 0.3) is 21.1 Å². The summed E-state index contributed by atoms with van der Waals surface area (Å²) in [5.41, 5.74) is -0.239. The Balaban J connectivity index is 3.61. The van der Waals surface area contributed by atoms with Crippen LogP contribution < -0.4 is 19.9 Å². The molecule has 1 rings (SSSR count). The number of ether oxygens (including phenoxy) is 2. The zero-order valence-electron chi connectivity index (χ0n) is 22.7. The second-order valence-electron chi connectivity index (χ2n) is 8.71. The monoisotopic (exact) mass is 492 g/mol. The van der Waals surface area contributed by atoms with Crippen LogP contribution >= 0.6 is 0 Å². The first kappa shape index (κ1) is 30.5. The van der Waals surface area contributed by atoms with Gasteiger partial charge in [0.15, 0.2) is 0 Å². The molecule has 0 aliphatic rings. The minimum absolute atomic E-state index is 0.120. The van der Waals surface area contributed by atoms with E-state index in [1.165, 1.54) is 0 Å². The molecule has 0 heterocycles. The fourth-order valence-corrected chi connectivity index (χ4v) is 4.45. The lowest BCUT2D eigenvalue weighted by atomic mass is 10.1. The first-order valence-corrected chi connectivity index (χ1v) is 12.8. The highest BCUT2D eigenvalue weighted by Crippen LogP contribution is 2.14. The molecule has 0 saturated heterocycles. The molecule has 0 spiro atoms. The maximum atomic E-state index is 9.60. The van der Waals surface area contributed by atoms with Crippen LogP contribution in [0, 0.1) is 35.8 Å². The van der Waals surface area contributed by atoms with Gasteiger partial charge in [-0.25, -0.2) is 20.2 Å². The van der Waals surface area contributed by atoms with Crippen LogP contribution in [-0.4, -0.2) is 74.5 Å². The molecular weight excluding hydrogens is 452 g/mol. The van der Waals surface area contributed by atoms with Crippen molar-refractivity contribution in [3.05, 3.63) is 45.4 Å². The average Bonchev–Trinajstić information content (AvgIpc) is 2.92. The van der Waals surface area contributed by atoms with Gasteiger partial charge >= 0.3 is 0 Å². The molecule has 8 nitrogen and oxygen atoms in total. The molecule has 0 aromatic heterocycles. The Hall–Kier alpha value is -3.56. The molecule has 0 amide bonds. The van der Waals surface area contributed by atoms with E-state index in [1.54, 1.807) is 12.1 Å². The third-order valence-electron chi connectivity index (χ3n) is 7.70. The Kier molecular flexibility index (Phi) is 12.5. The summed E-state index contributed by atoms with van der Waals surface area (Å²) in [6, 6.07) is 7.04. The quantitative estimate of drug-likeness (QED) is 0.295. The standard InChI is InChI=1S/C28H40N6O2/c1-9-33(10-2,11-3)15-17-35-27-19-24(26(22-30)32-8)28(20-23(27)25(21-29)31-7)36-18-16-34(12-4,13-5)14-6/h19-20H,9-18H2,1-6H3/q+2. The summed E-state index contributed by atoms with van der Waals surface area (Å²) < 4.78 is 14.0. The van der Waals surface area contributed by atoms with Gasteiger partial charge in [-0.3, -0.25) is 0 Å². The van der Waals surface area contributed by atoms with Gasteiger partial charge in [0.1, 0.15) is 37.8 Å². The first-order valence-electron chi connectivity index (χ1n) is 12.8. The maximum Gasteiger partial charge on any atom is 0.272 e. The zero-order valence-corrected chi connectivity index (χ0v) is 22.7. The first-order chi connectivity index (χ1) is 17.3. The predicted octanol–water partition coefficient (Wildman–Crippen LogP) is 3.30. The summed E-state index contributed by atoms with van der Waals surface area (Å²) in [7, 11) is 0. The number of likely N-dealkylation sites (N-methyl/N-ethyl adjacent to an activating group) is 2. The Morgan fingerprint density at radius 2 is 1.00 bits per heavy atom. The molecule has 1 aromatic rings. The number of hydrogen-bond donors (Lipinski definition) is 0. The molecule has 0 bridgehead atoms. The lowest BCUT2D eigenvalue weighted by Gasteiger charge is -2.35. The number of quaternary nitrogens is 2. The summed E-state index contributed by atoms with van der Waals surface area (Å²) in [4.78, 5) is 6.78. The lowest BCUT2D eigenvalue weighted by molar-refractivity contribution is -0.923. The lowest BCUT2D eigenvalue weighted by Crippen LogP contribution is -2.50. The molecule has 192 valence electrons. The van der Waals surface area contributed by atoms with E-state index in [4.69, 9.17) is 22.6 Å². The molecule has 36 heavy (non-hydrogen) atoms. The fourth-order valence-electron chi connectivity index (χ4n) is 4.45. The molecule has 0 atom stereocenters. The summed E-state index contributed by atoms with van der Waals surface area (Å²) in [5.74, 6) is 0.618. The van der Waals surface area contributed by atoms with Gasteiger partial charge in [0.05, 0.1) is 64.6 Å². The van der Waals surface area contributed by atoms with Crippen LogP contribution in [0.1, 0.15) is 41.5 Å². The van der Waals surface area contributed by atoms with Gasteiger partial charge < -0.3 is 18.4 Å². The van der Waals surface area contributed by atoms with Crippen molar-refractivity contribution in [1.82, 2.24) is 0 Å². The SMILES string of the molecule is [C-]#[N+]C(C#N)=c1cc(OCC[N+](CC)(CC)CC)c(=C(C#N)[N+]#[C-])cc1OCC[N+](CC)(CC)CC. The highest BCUT2D eigenvalue weighted by molar-refractivity contribution is 5.71. The maximum absolute atomic E-state index is 9.60. The minimum Gasteiger partial charge on any atom is -0.488 e. The van der Waals surface area contributed by atoms with Crippen molar-refractivity contribution in [3.63, 3.8) is 0 Å². The highest BCUT2D eigenvalue weighted by Gasteiger charge is 2.22. The van der Waals surface area contributed by atoms with Gasteiger partial charge in [-0.05, 0) is 53.7 Å². The summed E-state index contributed by atoms with van der Waals surface area (Å²) >= 11 is 0. The van der Waals surface area contributed by atoms with Gasteiger partial charge in [-0.1, -0.05) is 0 Å². The highest BCUT2D eigenvalue weighted by atomic mass is 16.5. The van der Waals surface area contributed by atoms with Gasteiger partial charge in [-0.2, -0.15) is 0 Å². The molecule has 0 aliphatic carbocycles. The Morgan fingerprint density at radius 3 is 1.22 bits per heavy atom. The Bertz CT molecular complexity index is 1030. The Labute approximate surface area is 216 Å². The van der Waals surface area contributed by atoms with Gasteiger partial charge in [0, 0.05) is 10.4 Å². The molecule has 0 aliphatic heterocycles. The topological polar surface area (TPSA) is 74.8 Å². The van der Waals surface area contributed by atoms with Crippen molar-refractivity contribution in [1.29, 1.82) is 10.5 Å². The van der Waals surface area contributed by atoms with Crippen LogP contribution in [0.5, 0.6) is 11.5 Å².